The molecule has 2 heteroatoms. The van der Waals surface area contributed by atoms with Crippen LogP contribution in [0.4, 0.5) is 0 Å². The van der Waals surface area contributed by atoms with E-state index in [1.807, 2.05) is 0 Å². The predicted octanol–water partition coefficient (Wildman–Crippen LogP) is 3.58. The van der Waals surface area contributed by atoms with Crippen molar-refractivity contribution in [3.63, 3.8) is 0 Å². The zero-order chi connectivity index (χ0) is 13.7. The summed E-state index contributed by atoms with van der Waals surface area (Å²) in [5, 5.41) is 2.53. The molecule has 0 saturated carbocycles. The normalized spacial score (nSPS) is 17.9. The summed E-state index contributed by atoms with van der Waals surface area (Å²) in [6.07, 6.45) is 2.07. The first kappa shape index (κ1) is 12.2. The van der Waals surface area contributed by atoms with Gasteiger partial charge in [0.2, 0.25) is 0 Å². The third-order valence-electron chi connectivity index (χ3n) is 4.07. The Bertz CT molecular complexity index is 696. The van der Waals surface area contributed by atoms with Gasteiger partial charge >= 0.3 is 0 Å². The van der Waals surface area contributed by atoms with Gasteiger partial charge in [-0.15, -0.1) is 0 Å². The molecule has 2 nitrogen and oxygen atoms in total. The van der Waals surface area contributed by atoms with Crippen LogP contribution in [-0.2, 0) is 0 Å². The van der Waals surface area contributed by atoms with E-state index in [1.165, 1.54) is 27.5 Å². The molecular formula is C17H20N2. The Balaban J connectivity index is 2.51. The van der Waals surface area contributed by atoms with Crippen LogP contribution in [0.15, 0.2) is 30.0 Å². The largest absolute Gasteiger partial charge is 0.400 e. The Morgan fingerprint density at radius 1 is 1.21 bits per heavy atom. The van der Waals surface area contributed by atoms with Gasteiger partial charge in [-0.25, -0.2) is 0 Å². The highest BCUT2D eigenvalue weighted by Crippen LogP contribution is 2.39. The smallest absolute Gasteiger partial charge is 0.0705 e. The fraction of sp³-hybridized carbons (Fsp3) is 0.294. The lowest BCUT2D eigenvalue weighted by Gasteiger charge is -2.26. The van der Waals surface area contributed by atoms with Crippen LogP contribution in [-0.4, -0.2) is 0 Å². The Labute approximate surface area is 114 Å². The Kier molecular flexibility index (Phi) is 2.64. The summed E-state index contributed by atoms with van der Waals surface area (Å²) < 4.78 is 0. The highest BCUT2D eigenvalue weighted by atomic mass is 14.7. The van der Waals surface area contributed by atoms with Gasteiger partial charge < -0.3 is 11.5 Å². The van der Waals surface area contributed by atoms with Gasteiger partial charge in [0, 0.05) is 5.70 Å². The van der Waals surface area contributed by atoms with Crippen LogP contribution in [0.5, 0.6) is 0 Å². The summed E-state index contributed by atoms with van der Waals surface area (Å²) in [7, 11) is 0. The molecule has 1 aliphatic rings. The summed E-state index contributed by atoms with van der Waals surface area (Å²) in [5.74, 6) is 0.478. The highest BCUT2D eigenvalue weighted by molar-refractivity contribution is 5.98. The first-order valence-electron chi connectivity index (χ1n) is 6.79. The van der Waals surface area contributed by atoms with Crippen molar-refractivity contribution in [1.29, 1.82) is 0 Å². The molecule has 19 heavy (non-hydrogen) atoms. The van der Waals surface area contributed by atoms with Crippen molar-refractivity contribution >= 4 is 16.8 Å². The second-order valence-corrected chi connectivity index (χ2v) is 5.74. The van der Waals surface area contributed by atoms with E-state index in [1.54, 1.807) is 0 Å². The van der Waals surface area contributed by atoms with Gasteiger partial charge in [0.1, 0.15) is 0 Å². The topological polar surface area (TPSA) is 52.0 Å². The van der Waals surface area contributed by atoms with Gasteiger partial charge in [-0.05, 0) is 51.9 Å². The van der Waals surface area contributed by atoms with E-state index in [4.69, 9.17) is 11.5 Å². The minimum absolute atomic E-state index is 0.182. The summed E-state index contributed by atoms with van der Waals surface area (Å²) in [6, 6.07) is 8.39. The molecule has 0 heterocycles. The van der Waals surface area contributed by atoms with Gasteiger partial charge in [-0.3, -0.25) is 0 Å². The number of hydrogen-bond donors (Lipinski definition) is 2. The van der Waals surface area contributed by atoms with Gasteiger partial charge in [-0.2, -0.15) is 0 Å². The maximum atomic E-state index is 6.22. The van der Waals surface area contributed by atoms with Crippen molar-refractivity contribution in [3.8, 4) is 0 Å². The van der Waals surface area contributed by atoms with Crippen molar-refractivity contribution in [1.82, 2.24) is 0 Å². The van der Waals surface area contributed by atoms with Crippen LogP contribution in [0.25, 0.3) is 16.8 Å². The van der Waals surface area contributed by atoms with E-state index in [-0.39, 0.29) is 6.04 Å². The molecule has 4 N–H and O–H groups in total. The van der Waals surface area contributed by atoms with Crippen LogP contribution in [0.3, 0.4) is 0 Å². The Morgan fingerprint density at radius 2 is 1.95 bits per heavy atom. The second-order valence-electron chi connectivity index (χ2n) is 5.74. The first-order valence-corrected chi connectivity index (χ1v) is 6.79. The van der Waals surface area contributed by atoms with Crippen molar-refractivity contribution < 1.29 is 0 Å². The Hall–Kier alpha value is -1.80. The van der Waals surface area contributed by atoms with Gasteiger partial charge in [0.05, 0.1) is 6.04 Å². The van der Waals surface area contributed by atoms with Crippen molar-refractivity contribution in [2.45, 2.75) is 32.7 Å². The first-order chi connectivity index (χ1) is 9.00. The van der Waals surface area contributed by atoms with E-state index < -0.39 is 0 Å². The monoisotopic (exact) mass is 252 g/mol. The molecule has 1 aliphatic carbocycles. The van der Waals surface area contributed by atoms with E-state index in [9.17, 15) is 0 Å². The molecule has 0 spiro atoms. The SMILES string of the molecule is Cc1cc2cccc3c2c(c1C(C)C)C=C(N)C3N. The van der Waals surface area contributed by atoms with Crippen LogP contribution < -0.4 is 11.5 Å². The highest BCUT2D eigenvalue weighted by Gasteiger charge is 2.23. The van der Waals surface area contributed by atoms with E-state index in [0.29, 0.717) is 5.92 Å². The van der Waals surface area contributed by atoms with Crippen LogP contribution in [0, 0.1) is 6.92 Å². The summed E-state index contributed by atoms with van der Waals surface area (Å²) in [4.78, 5) is 0. The summed E-state index contributed by atoms with van der Waals surface area (Å²) in [6.45, 7) is 6.63. The molecular weight excluding hydrogens is 232 g/mol. The minimum atomic E-state index is -0.182. The third-order valence-corrected chi connectivity index (χ3v) is 4.07. The van der Waals surface area contributed by atoms with Crippen LogP contribution in [0.1, 0.15) is 48.1 Å². The standard InChI is InChI=1S/C17H20N2/c1-9(2)15-10(3)7-11-5-4-6-12-16(11)13(15)8-14(18)17(12)19/h4-9,17H,18-19H2,1-3H3. The van der Waals surface area contributed by atoms with Crippen molar-refractivity contribution in [3.05, 3.63) is 52.2 Å². The number of hydrogen-bond acceptors (Lipinski definition) is 2. The Morgan fingerprint density at radius 3 is 2.63 bits per heavy atom. The molecule has 1 unspecified atom stereocenters. The molecule has 3 rings (SSSR count). The molecule has 2 aromatic rings. The van der Waals surface area contributed by atoms with Gasteiger partial charge in [-0.1, -0.05) is 38.1 Å². The maximum Gasteiger partial charge on any atom is 0.0705 e. The van der Waals surface area contributed by atoms with Crippen LogP contribution >= 0.6 is 0 Å². The lowest BCUT2D eigenvalue weighted by Crippen LogP contribution is -2.22. The third kappa shape index (κ3) is 1.67. The predicted molar refractivity (Wildman–Crippen MR) is 81.9 cm³/mol. The summed E-state index contributed by atoms with van der Waals surface area (Å²) in [5.41, 5.74) is 18.2. The average molecular weight is 252 g/mol. The molecule has 98 valence electrons. The van der Waals surface area contributed by atoms with E-state index in [0.717, 1.165) is 11.3 Å². The molecule has 0 fully saturated rings. The number of nitrogens with two attached hydrogens (primary N) is 2. The number of aryl methyl sites for hydroxylation is 1. The molecule has 0 amide bonds. The molecule has 0 saturated heterocycles. The summed E-state index contributed by atoms with van der Waals surface area (Å²) >= 11 is 0. The average Bonchev–Trinajstić information content (AvgIpc) is 2.34. The van der Waals surface area contributed by atoms with Crippen LogP contribution in [0.2, 0.25) is 0 Å². The van der Waals surface area contributed by atoms with Crippen molar-refractivity contribution in [2.75, 3.05) is 0 Å². The number of benzene rings is 2. The zero-order valence-electron chi connectivity index (χ0n) is 11.7. The molecule has 0 aliphatic heterocycles. The number of rotatable bonds is 1. The van der Waals surface area contributed by atoms with E-state index >= 15 is 0 Å². The molecule has 0 aromatic heterocycles. The molecule has 1 atom stereocenters. The lowest BCUT2D eigenvalue weighted by atomic mass is 9.81. The quantitative estimate of drug-likeness (QED) is 0.815. The second kappa shape index (κ2) is 4.10. The molecule has 0 bridgehead atoms. The lowest BCUT2D eigenvalue weighted by molar-refractivity contribution is 0.829. The minimum Gasteiger partial charge on any atom is -0.400 e. The molecule has 2 aromatic carbocycles. The molecule has 0 radical (unpaired) electrons. The van der Waals surface area contributed by atoms with Gasteiger partial charge in [0.25, 0.3) is 0 Å². The zero-order valence-corrected chi connectivity index (χ0v) is 11.7. The van der Waals surface area contributed by atoms with E-state index in [2.05, 4.69) is 51.1 Å². The fourth-order valence-corrected chi connectivity index (χ4v) is 3.29. The van der Waals surface area contributed by atoms with Gasteiger partial charge in [0.15, 0.2) is 0 Å². The maximum absolute atomic E-state index is 6.22. The fourth-order valence-electron chi connectivity index (χ4n) is 3.29. The van der Waals surface area contributed by atoms with Crippen molar-refractivity contribution in [2.24, 2.45) is 11.5 Å².